The zero-order valence-corrected chi connectivity index (χ0v) is 17.0. The molecule has 7 nitrogen and oxygen atoms in total. The first-order chi connectivity index (χ1) is 13.3. The number of carbonyl (C=O) groups is 1. The van der Waals surface area contributed by atoms with Crippen molar-refractivity contribution in [1.82, 2.24) is 0 Å². The summed E-state index contributed by atoms with van der Waals surface area (Å²) < 4.78 is 37.4. The number of aryl methyl sites for hydroxylation is 2. The molecule has 0 spiro atoms. The molecule has 0 bridgehead atoms. The number of carbonyl (C=O) groups excluding carboxylic acids is 1. The fourth-order valence-electron chi connectivity index (χ4n) is 2.97. The van der Waals surface area contributed by atoms with Crippen LogP contribution < -0.4 is 19.1 Å². The number of benzene rings is 2. The minimum atomic E-state index is -3.67. The number of rotatable bonds is 6. The van der Waals surface area contributed by atoms with Gasteiger partial charge in [-0.25, -0.2) is 8.42 Å². The van der Waals surface area contributed by atoms with Crippen molar-refractivity contribution >= 4 is 27.3 Å². The van der Waals surface area contributed by atoms with E-state index in [1.54, 1.807) is 25.1 Å². The molecule has 0 aliphatic carbocycles. The van der Waals surface area contributed by atoms with Gasteiger partial charge in [0.05, 0.1) is 11.4 Å². The second-order valence-corrected chi connectivity index (χ2v) is 8.78. The van der Waals surface area contributed by atoms with E-state index in [4.69, 9.17) is 9.47 Å². The Morgan fingerprint density at radius 1 is 1.07 bits per heavy atom. The molecule has 1 amide bonds. The van der Waals surface area contributed by atoms with Gasteiger partial charge < -0.3 is 14.8 Å². The Bertz CT molecular complexity index is 988. The van der Waals surface area contributed by atoms with Gasteiger partial charge in [-0.3, -0.25) is 9.10 Å². The molecule has 1 N–H and O–H groups in total. The second-order valence-electron chi connectivity index (χ2n) is 6.60. The van der Waals surface area contributed by atoms with E-state index in [1.807, 2.05) is 32.0 Å². The topological polar surface area (TPSA) is 84.9 Å². The molecular weight excluding hydrogens is 380 g/mol. The molecule has 1 aliphatic rings. The predicted octanol–water partition coefficient (Wildman–Crippen LogP) is 2.87. The van der Waals surface area contributed by atoms with Crippen LogP contribution in [0.4, 0.5) is 11.4 Å². The first kappa shape index (κ1) is 20.0. The molecule has 0 saturated carbocycles. The molecule has 0 unspecified atom stereocenters. The third kappa shape index (κ3) is 4.39. The van der Waals surface area contributed by atoms with Crippen molar-refractivity contribution in [2.24, 2.45) is 0 Å². The number of nitrogens with one attached hydrogen (secondary N) is 1. The van der Waals surface area contributed by atoms with Crippen molar-refractivity contribution in [3.05, 3.63) is 47.5 Å². The lowest BCUT2D eigenvalue weighted by molar-refractivity contribution is -0.114. The van der Waals surface area contributed by atoms with Gasteiger partial charge in [0.15, 0.2) is 11.5 Å². The maximum atomic E-state index is 12.6. The summed E-state index contributed by atoms with van der Waals surface area (Å²) in [7, 11) is -3.67. The summed E-state index contributed by atoms with van der Waals surface area (Å²) in [6.07, 6.45) is 0. The van der Waals surface area contributed by atoms with Crippen LogP contribution in [0.15, 0.2) is 36.4 Å². The summed E-state index contributed by atoms with van der Waals surface area (Å²) in [6.45, 7) is 5.91. The summed E-state index contributed by atoms with van der Waals surface area (Å²) in [5.41, 5.74) is 3.02. The van der Waals surface area contributed by atoms with Crippen molar-refractivity contribution in [3.8, 4) is 11.5 Å². The molecule has 0 atom stereocenters. The van der Waals surface area contributed by atoms with Crippen LogP contribution in [0.2, 0.25) is 0 Å². The fourth-order valence-corrected chi connectivity index (χ4v) is 4.03. The van der Waals surface area contributed by atoms with E-state index in [0.29, 0.717) is 36.1 Å². The number of fused-ring (bicyclic) bond motifs is 1. The SMILES string of the molecule is CCS(=O)(=O)N(CC(=O)Nc1ccc(C)cc1C)c1ccc2c(c1)OCCO2. The van der Waals surface area contributed by atoms with E-state index in [1.165, 1.54) is 0 Å². The van der Waals surface area contributed by atoms with E-state index in [-0.39, 0.29) is 12.3 Å². The predicted molar refractivity (Wildman–Crippen MR) is 109 cm³/mol. The number of sulfonamides is 1. The van der Waals surface area contributed by atoms with Crippen LogP contribution in [0.25, 0.3) is 0 Å². The summed E-state index contributed by atoms with van der Waals surface area (Å²) in [4.78, 5) is 12.6. The van der Waals surface area contributed by atoms with Crippen LogP contribution in [-0.4, -0.2) is 39.8 Å². The summed E-state index contributed by atoms with van der Waals surface area (Å²) in [6, 6.07) is 10.5. The van der Waals surface area contributed by atoms with Gasteiger partial charge in [-0.05, 0) is 44.5 Å². The van der Waals surface area contributed by atoms with E-state index in [2.05, 4.69) is 5.32 Å². The molecule has 1 heterocycles. The zero-order valence-electron chi connectivity index (χ0n) is 16.2. The number of hydrogen-bond acceptors (Lipinski definition) is 5. The van der Waals surface area contributed by atoms with Crippen LogP contribution in [0.5, 0.6) is 11.5 Å². The molecule has 0 fully saturated rings. The van der Waals surface area contributed by atoms with Gasteiger partial charge in [0.2, 0.25) is 15.9 Å². The summed E-state index contributed by atoms with van der Waals surface area (Å²) in [5, 5.41) is 2.80. The van der Waals surface area contributed by atoms with Crippen LogP contribution in [-0.2, 0) is 14.8 Å². The summed E-state index contributed by atoms with van der Waals surface area (Å²) >= 11 is 0. The van der Waals surface area contributed by atoms with Crippen molar-refractivity contribution in [2.45, 2.75) is 20.8 Å². The van der Waals surface area contributed by atoms with Gasteiger partial charge >= 0.3 is 0 Å². The maximum Gasteiger partial charge on any atom is 0.245 e. The van der Waals surface area contributed by atoms with Gasteiger partial charge in [0, 0.05) is 11.8 Å². The third-order valence-corrected chi connectivity index (χ3v) is 6.20. The Hall–Kier alpha value is -2.74. The molecule has 2 aromatic rings. The molecule has 0 aromatic heterocycles. The van der Waals surface area contributed by atoms with Gasteiger partial charge in [-0.15, -0.1) is 0 Å². The lowest BCUT2D eigenvalue weighted by Crippen LogP contribution is -2.39. The molecule has 150 valence electrons. The lowest BCUT2D eigenvalue weighted by Gasteiger charge is -2.25. The smallest absolute Gasteiger partial charge is 0.245 e. The van der Waals surface area contributed by atoms with Crippen molar-refractivity contribution in [3.63, 3.8) is 0 Å². The monoisotopic (exact) mass is 404 g/mol. The molecular formula is C20H24N2O5S. The second kappa shape index (κ2) is 8.10. The Balaban J connectivity index is 1.85. The molecule has 0 radical (unpaired) electrons. The molecule has 28 heavy (non-hydrogen) atoms. The molecule has 8 heteroatoms. The van der Waals surface area contributed by atoms with Crippen molar-refractivity contribution in [2.75, 3.05) is 35.1 Å². The number of ether oxygens (including phenoxy) is 2. The third-order valence-electron chi connectivity index (χ3n) is 4.46. The number of anilines is 2. The maximum absolute atomic E-state index is 12.6. The van der Waals surface area contributed by atoms with Crippen molar-refractivity contribution in [1.29, 1.82) is 0 Å². The average Bonchev–Trinajstić information content (AvgIpc) is 2.68. The average molecular weight is 404 g/mol. The first-order valence-corrected chi connectivity index (χ1v) is 10.7. The highest BCUT2D eigenvalue weighted by Crippen LogP contribution is 2.34. The Morgan fingerprint density at radius 3 is 2.46 bits per heavy atom. The molecule has 3 rings (SSSR count). The van der Waals surface area contributed by atoms with Gasteiger partial charge in [0.25, 0.3) is 0 Å². The lowest BCUT2D eigenvalue weighted by atomic mass is 10.1. The van der Waals surface area contributed by atoms with Crippen molar-refractivity contribution < 1.29 is 22.7 Å². The molecule has 1 aliphatic heterocycles. The number of amides is 1. The van der Waals surface area contributed by atoms with Crippen LogP contribution in [0.3, 0.4) is 0 Å². The van der Waals surface area contributed by atoms with Crippen LogP contribution >= 0.6 is 0 Å². The van der Waals surface area contributed by atoms with E-state index in [0.717, 1.165) is 15.4 Å². The highest BCUT2D eigenvalue weighted by atomic mass is 32.2. The largest absolute Gasteiger partial charge is 0.486 e. The number of hydrogen-bond donors (Lipinski definition) is 1. The Labute approximate surface area is 165 Å². The minimum Gasteiger partial charge on any atom is -0.486 e. The van der Waals surface area contributed by atoms with Crippen LogP contribution in [0.1, 0.15) is 18.1 Å². The zero-order chi connectivity index (χ0) is 20.3. The highest BCUT2D eigenvalue weighted by molar-refractivity contribution is 7.92. The van der Waals surface area contributed by atoms with Gasteiger partial charge in [-0.1, -0.05) is 17.7 Å². The van der Waals surface area contributed by atoms with Gasteiger partial charge in [0.1, 0.15) is 19.8 Å². The highest BCUT2D eigenvalue weighted by Gasteiger charge is 2.25. The fraction of sp³-hybridized carbons (Fsp3) is 0.350. The first-order valence-electron chi connectivity index (χ1n) is 9.07. The normalized spacial score (nSPS) is 13.1. The molecule has 0 saturated heterocycles. The van der Waals surface area contributed by atoms with E-state index < -0.39 is 15.9 Å². The Morgan fingerprint density at radius 2 is 1.79 bits per heavy atom. The van der Waals surface area contributed by atoms with Gasteiger partial charge in [-0.2, -0.15) is 0 Å². The van der Waals surface area contributed by atoms with Crippen LogP contribution in [0, 0.1) is 13.8 Å². The Kier molecular flexibility index (Phi) is 5.79. The van der Waals surface area contributed by atoms with E-state index in [9.17, 15) is 13.2 Å². The minimum absolute atomic E-state index is 0.127. The summed E-state index contributed by atoms with van der Waals surface area (Å²) in [5.74, 6) is 0.482. The number of nitrogens with zero attached hydrogens (tertiary/aromatic N) is 1. The molecule has 2 aromatic carbocycles. The van der Waals surface area contributed by atoms with E-state index >= 15 is 0 Å². The quantitative estimate of drug-likeness (QED) is 0.800. The standard InChI is InChI=1S/C20H24N2O5S/c1-4-28(24,25)22(16-6-8-18-19(12-16)27-10-9-26-18)13-20(23)21-17-7-5-14(2)11-15(17)3/h5-8,11-12H,4,9-10,13H2,1-3H3,(H,21,23).